The van der Waals surface area contributed by atoms with Crippen LogP contribution in [0, 0.1) is 5.41 Å². The summed E-state index contributed by atoms with van der Waals surface area (Å²) in [5.41, 5.74) is 5.65. The highest BCUT2D eigenvalue weighted by molar-refractivity contribution is 5.94. The number of amides is 1. The van der Waals surface area contributed by atoms with Crippen molar-refractivity contribution < 1.29 is 4.79 Å². The van der Waals surface area contributed by atoms with E-state index in [-0.39, 0.29) is 11.3 Å². The molecule has 0 fully saturated rings. The molecule has 26 heavy (non-hydrogen) atoms. The molecule has 2 nitrogen and oxygen atoms in total. The first kappa shape index (κ1) is 20.0. The Morgan fingerprint density at radius 1 is 0.962 bits per heavy atom. The number of benzene rings is 2. The average Bonchev–Trinajstić information content (AvgIpc) is 2.58. The van der Waals surface area contributed by atoms with E-state index in [0.29, 0.717) is 18.0 Å². The van der Waals surface area contributed by atoms with Crippen molar-refractivity contribution in [3.05, 3.63) is 76.9 Å². The molecule has 0 aliphatic carbocycles. The molecule has 138 valence electrons. The first-order valence-corrected chi connectivity index (χ1v) is 9.32. The van der Waals surface area contributed by atoms with Gasteiger partial charge in [0.2, 0.25) is 0 Å². The smallest absolute Gasteiger partial charge is 0.251 e. The molecule has 2 aromatic rings. The number of carbonyl (C=O) groups is 1. The van der Waals surface area contributed by atoms with E-state index < -0.39 is 0 Å². The van der Waals surface area contributed by atoms with Crippen LogP contribution in [0.3, 0.4) is 0 Å². The third-order valence-electron chi connectivity index (χ3n) is 4.35. The predicted octanol–water partition coefficient (Wildman–Crippen LogP) is 6.19. The van der Waals surface area contributed by atoms with E-state index in [1.54, 1.807) is 0 Å². The molecular weight excluding hydrogens is 318 g/mol. The second-order valence-electron chi connectivity index (χ2n) is 8.35. The van der Waals surface area contributed by atoms with Crippen molar-refractivity contribution in [2.75, 3.05) is 0 Å². The van der Waals surface area contributed by atoms with Crippen molar-refractivity contribution in [3.63, 3.8) is 0 Å². The highest BCUT2D eigenvalue weighted by Gasteiger charge is 2.09. The maximum atomic E-state index is 12.4. The minimum absolute atomic E-state index is 0.0399. The van der Waals surface area contributed by atoms with Gasteiger partial charge >= 0.3 is 0 Å². The van der Waals surface area contributed by atoms with Gasteiger partial charge in [0.05, 0.1) is 0 Å². The fraction of sp³-hybridized carbons (Fsp3) is 0.375. The summed E-state index contributed by atoms with van der Waals surface area (Å²) in [6.45, 7) is 13.6. The quantitative estimate of drug-likeness (QED) is 0.685. The van der Waals surface area contributed by atoms with E-state index in [0.717, 1.165) is 11.1 Å². The molecule has 2 aromatic carbocycles. The largest absolute Gasteiger partial charge is 0.348 e. The van der Waals surface area contributed by atoms with Crippen LogP contribution in [0.15, 0.2) is 54.6 Å². The monoisotopic (exact) mass is 349 g/mol. The molecule has 0 unspecified atom stereocenters. The number of nitrogens with one attached hydrogen (secondary N) is 1. The van der Waals surface area contributed by atoms with E-state index in [1.165, 1.54) is 11.1 Å². The minimum atomic E-state index is -0.0399. The minimum Gasteiger partial charge on any atom is -0.348 e. The molecule has 2 heteroatoms. The molecule has 0 aliphatic heterocycles. The van der Waals surface area contributed by atoms with Gasteiger partial charge in [-0.2, -0.15) is 0 Å². The Bertz CT molecular complexity index is 759. The molecule has 2 rings (SSSR count). The summed E-state index contributed by atoms with van der Waals surface area (Å²) in [5.74, 6) is 0.481. The zero-order chi connectivity index (χ0) is 19.3. The van der Waals surface area contributed by atoms with E-state index in [4.69, 9.17) is 0 Å². The summed E-state index contributed by atoms with van der Waals surface area (Å²) in [7, 11) is 0. The molecule has 0 spiro atoms. The van der Waals surface area contributed by atoms with Crippen LogP contribution in [0.25, 0.3) is 5.57 Å². The Kier molecular flexibility index (Phi) is 6.42. The molecule has 0 atom stereocenters. The Balaban J connectivity index is 1.98. The van der Waals surface area contributed by atoms with E-state index in [1.807, 2.05) is 24.3 Å². The normalized spacial score (nSPS) is 12.3. The standard InChI is InChI=1S/C24H31NO/c1-17(2)20-9-7-19(8-10-20)16-25-23(26)22-13-11-21(12-14-22)18(3)15-24(4,5)6/h7-15,17H,16H2,1-6H3,(H,25,26)/b18-15+. The Hall–Kier alpha value is -2.35. The van der Waals surface area contributed by atoms with Crippen LogP contribution < -0.4 is 5.32 Å². The molecule has 1 amide bonds. The van der Waals surface area contributed by atoms with Gasteiger partial charge < -0.3 is 5.32 Å². The van der Waals surface area contributed by atoms with Crippen molar-refractivity contribution in [3.8, 4) is 0 Å². The van der Waals surface area contributed by atoms with Gasteiger partial charge in [0.15, 0.2) is 0 Å². The molecule has 0 aliphatic rings. The zero-order valence-electron chi connectivity index (χ0n) is 16.9. The van der Waals surface area contributed by atoms with Crippen molar-refractivity contribution in [1.82, 2.24) is 5.32 Å². The van der Waals surface area contributed by atoms with E-state index >= 15 is 0 Å². The van der Waals surface area contributed by atoms with Crippen molar-refractivity contribution in [2.45, 2.75) is 54.0 Å². The maximum Gasteiger partial charge on any atom is 0.251 e. The Morgan fingerprint density at radius 3 is 2.00 bits per heavy atom. The predicted molar refractivity (Wildman–Crippen MR) is 111 cm³/mol. The van der Waals surface area contributed by atoms with Gasteiger partial charge in [-0.3, -0.25) is 4.79 Å². The number of allylic oxidation sites excluding steroid dienone is 2. The first-order valence-electron chi connectivity index (χ1n) is 9.32. The van der Waals surface area contributed by atoms with Crippen LogP contribution in [-0.4, -0.2) is 5.91 Å². The summed E-state index contributed by atoms with van der Waals surface area (Å²) in [6, 6.07) is 16.3. The highest BCUT2D eigenvalue weighted by atomic mass is 16.1. The summed E-state index contributed by atoms with van der Waals surface area (Å²) in [4.78, 5) is 12.4. The van der Waals surface area contributed by atoms with Crippen LogP contribution in [0.5, 0.6) is 0 Å². The van der Waals surface area contributed by atoms with Gasteiger partial charge in [-0.1, -0.05) is 77.1 Å². The lowest BCUT2D eigenvalue weighted by atomic mass is 9.91. The van der Waals surface area contributed by atoms with Crippen molar-refractivity contribution in [2.24, 2.45) is 5.41 Å². The Morgan fingerprint density at radius 2 is 1.50 bits per heavy atom. The molecule has 0 bridgehead atoms. The SMILES string of the molecule is C/C(=C\C(C)(C)C)c1ccc(C(=O)NCc2ccc(C(C)C)cc2)cc1. The lowest BCUT2D eigenvalue weighted by Crippen LogP contribution is -2.22. The molecule has 0 radical (unpaired) electrons. The van der Waals surface area contributed by atoms with Crippen molar-refractivity contribution in [1.29, 1.82) is 0 Å². The van der Waals surface area contributed by atoms with E-state index in [9.17, 15) is 4.79 Å². The van der Waals surface area contributed by atoms with Crippen molar-refractivity contribution >= 4 is 11.5 Å². The third kappa shape index (κ3) is 5.87. The van der Waals surface area contributed by atoms with Crippen LogP contribution in [0.2, 0.25) is 0 Å². The van der Waals surface area contributed by atoms with Gasteiger partial charge in [-0.25, -0.2) is 0 Å². The number of hydrogen-bond acceptors (Lipinski definition) is 1. The van der Waals surface area contributed by atoms with Gasteiger partial charge in [0, 0.05) is 12.1 Å². The molecule has 0 heterocycles. The number of carbonyl (C=O) groups excluding carboxylic acids is 1. The van der Waals surface area contributed by atoms with Gasteiger partial charge in [-0.05, 0) is 52.7 Å². The highest BCUT2D eigenvalue weighted by Crippen LogP contribution is 2.23. The summed E-state index contributed by atoms with van der Waals surface area (Å²) in [6.07, 6.45) is 2.25. The maximum absolute atomic E-state index is 12.4. The second-order valence-corrected chi connectivity index (χ2v) is 8.35. The van der Waals surface area contributed by atoms with Gasteiger partial charge in [0.1, 0.15) is 0 Å². The van der Waals surface area contributed by atoms with Crippen LogP contribution >= 0.6 is 0 Å². The molecular formula is C24H31NO. The molecule has 0 saturated carbocycles. The summed E-state index contributed by atoms with van der Waals surface area (Å²) < 4.78 is 0. The molecule has 1 N–H and O–H groups in total. The molecule has 0 saturated heterocycles. The topological polar surface area (TPSA) is 29.1 Å². The lowest BCUT2D eigenvalue weighted by Gasteiger charge is -2.14. The lowest BCUT2D eigenvalue weighted by molar-refractivity contribution is 0.0951. The summed E-state index contributed by atoms with van der Waals surface area (Å²) in [5, 5.41) is 3.00. The number of rotatable bonds is 5. The second kappa shape index (κ2) is 8.35. The third-order valence-corrected chi connectivity index (χ3v) is 4.35. The average molecular weight is 350 g/mol. The van der Waals surface area contributed by atoms with Gasteiger partial charge in [-0.15, -0.1) is 0 Å². The number of hydrogen-bond donors (Lipinski definition) is 1. The first-order chi connectivity index (χ1) is 12.2. The zero-order valence-corrected chi connectivity index (χ0v) is 16.9. The fourth-order valence-corrected chi connectivity index (χ4v) is 2.92. The summed E-state index contributed by atoms with van der Waals surface area (Å²) >= 11 is 0. The molecule has 0 aromatic heterocycles. The van der Waals surface area contributed by atoms with Gasteiger partial charge in [0.25, 0.3) is 5.91 Å². The Labute approximate surface area is 158 Å². The van der Waals surface area contributed by atoms with Crippen LogP contribution in [-0.2, 0) is 6.54 Å². The van der Waals surface area contributed by atoms with Crippen LogP contribution in [0.4, 0.5) is 0 Å². The fourth-order valence-electron chi connectivity index (χ4n) is 2.92. The van der Waals surface area contributed by atoms with E-state index in [2.05, 4.69) is 77.2 Å². The van der Waals surface area contributed by atoms with Crippen LogP contribution in [0.1, 0.15) is 74.5 Å².